The zero-order valence-electron chi connectivity index (χ0n) is 16.3. The minimum Gasteiger partial charge on any atom is -0.503 e. The molecule has 2 unspecified atom stereocenters. The summed E-state index contributed by atoms with van der Waals surface area (Å²) >= 11 is 0. The van der Waals surface area contributed by atoms with Crippen LogP contribution in [0, 0.1) is 0 Å². The highest BCUT2D eigenvalue weighted by Crippen LogP contribution is 2.39. The third-order valence-electron chi connectivity index (χ3n) is 5.63. The Hall–Kier alpha value is -2.92. The summed E-state index contributed by atoms with van der Waals surface area (Å²) in [6, 6.07) is 18.6. The van der Waals surface area contributed by atoms with Gasteiger partial charge >= 0.3 is 0 Å². The standard InChI is InChI=1S/C24H25NO4/c26-20(14-13-17-8-3-1-4-9-17)21-22(18-10-5-2-6-11-18)25(24(28)23(21)27)16-19-12-7-15-29-19/h1-6,8-11,19,22,27H,7,12-16H2. The Morgan fingerprint density at radius 1 is 1.07 bits per heavy atom. The van der Waals surface area contributed by atoms with Gasteiger partial charge in [0.1, 0.15) is 0 Å². The smallest absolute Gasteiger partial charge is 0.290 e. The topological polar surface area (TPSA) is 66.8 Å². The van der Waals surface area contributed by atoms with Gasteiger partial charge in [0.2, 0.25) is 0 Å². The number of benzene rings is 2. The fraction of sp³-hybridized carbons (Fsp3) is 0.333. The minimum absolute atomic E-state index is 0.0586. The average molecular weight is 391 g/mol. The molecule has 5 nitrogen and oxygen atoms in total. The van der Waals surface area contributed by atoms with Crippen molar-refractivity contribution >= 4 is 11.7 Å². The average Bonchev–Trinajstić information content (AvgIpc) is 3.36. The third kappa shape index (κ3) is 4.10. The quantitative estimate of drug-likeness (QED) is 0.780. The molecule has 1 fully saturated rings. The molecule has 0 aromatic heterocycles. The fourth-order valence-corrected chi connectivity index (χ4v) is 4.15. The first-order valence-corrected chi connectivity index (χ1v) is 10.1. The second kappa shape index (κ2) is 8.62. The number of amides is 1. The van der Waals surface area contributed by atoms with Crippen LogP contribution in [0.2, 0.25) is 0 Å². The first kappa shape index (κ1) is 19.4. The number of hydrogen-bond donors (Lipinski definition) is 1. The highest BCUT2D eigenvalue weighted by atomic mass is 16.5. The number of aliphatic hydroxyl groups excluding tert-OH is 1. The molecular formula is C24H25NO4. The van der Waals surface area contributed by atoms with E-state index in [1.165, 1.54) is 0 Å². The Bertz CT molecular complexity index is 901. The van der Waals surface area contributed by atoms with Gasteiger partial charge in [-0.15, -0.1) is 0 Å². The molecule has 0 aliphatic carbocycles. The van der Waals surface area contributed by atoms with Crippen molar-refractivity contribution in [2.24, 2.45) is 0 Å². The summed E-state index contributed by atoms with van der Waals surface area (Å²) in [7, 11) is 0. The van der Waals surface area contributed by atoms with Crippen molar-refractivity contribution in [1.29, 1.82) is 0 Å². The molecule has 2 aliphatic heterocycles. The summed E-state index contributed by atoms with van der Waals surface area (Å²) in [6.45, 7) is 1.06. The molecule has 2 heterocycles. The minimum atomic E-state index is -0.573. The van der Waals surface area contributed by atoms with Crippen molar-refractivity contribution in [3.05, 3.63) is 83.1 Å². The van der Waals surface area contributed by atoms with Gasteiger partial charge in [0.25, 0.3) is 5.91 Å². The molecule has 29 heavy (non-hydrogen) atoms. The van der Waals surface area contributed by atoms with Crippen molar-refractivity contribution in [3.8, 4) is 0 Å². The van der Waals surface area contributed by atoms with Gasteiger partial charge in [-0.05, 0) is 30.4 Å². The lowest BCUT2D eigenvalue weighted by Crippen LogP contribution is -2.37. The number of rotatable bonds is 7. The molecule has 0 saturated carbocycles. The molecule has 1 amide bonds. The third-order valence-corrected chi connectivity index (χ3v) is 5.63. The van der Waals surface area contributed by atoms with E-state index in [9.17, 15) is 14.7 Å². The van der Waals surface area contributed by atoms with Crippen molar-refractivity contribution in [2.45, 2.75) is 37.8 Å². The molecule has 2 aromatic rings. The van der Waals surface area contributed by atoms with Gasteiger partial charge < -0.3 is 14.7 Å². The van der Waals surface area contributed by atoms with Crippen LogP contribution in [0.1, 0.15) is 36.4 Å². The molecule has 2 aromatic carbocycles. The number of Topliss-reactive ketones (excluding diaryl/α,β-unsaturated/α-hetero) is 1. The molecule has 4 rings (SSSR count). The van der Waals surface area contributed by atoms with E-state index in [0.29, 0.717) is 19.6 Å². The Kier molecular flexibility index (Phi) is 5.76. The van der Waals surface area contributed by atoms with E-state index in [0.717, 1.165) is 24.0 Å². The van der Waals surface area contributed by atoms with Gasteiger partial charge in [0.15, 0.2) is 11.5 Å². The fourth-order valence-electron chi connectivity index (χ4n) is 4.15. The number of nitrogens with zero attached hydrogens (tertiary/aromatic N) is 1. The van der Waals surface area contributed by atoms with E-state index in [1.807, 2.05) is 60.7 Å². The number of hydrogen-bond acceptors (Lipinski definition) is 4. The lowest BCUT2D eigenvalue weighted by Gasteiger charge is -2.29. The normalized spacial score (nSPS) is 21.8. The Balaban J connectivity index is 1.60. The Morgan fingerprint density at radius 2 is 1.76 bits per heavy atom. The molecule has 0 radical (unpaired) electrons. The maximum Gasteiger partial charge on any atom is 0.290 e. The highest BCUT2D eigenvalue weighted by molar-refractivity contribution is 6.09. The van der Waals surface area contributed by atoms with E-state index in [-0.39, 0.29) is 23.9 Å². The second-order valence-corrected chi connectivity index (χ2v) is 7.58. The predicted molar refractivity (Wildman–Crippen MR) is 109 cm³/mol. The molecule has 2 atom stereocenters. The molecule has 1 N–H and O–H groups in total. The van der Waals surface area contributed by atoms with Gasteiger partial charge in [-0.25, -0.2) is 0 Å². The number of ether oxygens (including phenoxy) is 1. The lowest BCUT2D eigenvalue weighted by molar-refractivity contribution is -0.131. The summed E-state index contributed by atoms with van der Waals surface area (Å²) < 4.78 is 5.70. The molecule has 0 spiro atoms. The van der Waals surface area contributed by atoms with Crippen molar-refractivity contribution in [1.82, 2.24) is 4.90 Å². The number of carbonyl (C=O) groups is 2. The maximum absolute atomic E-state index is 13.1. The van der Waals surface area contributed by atoms with Gasteiger partial charge in [-0.3, -0.25) is 9.59 Å². The summed E-state index contributed by atoms with van der Waals surface area (Å²) in [6.07, 6.45) is 2.59. The molecule has 2 aliphatic rings. The molecule has 150 valence electrons. The molecule has 1 saturated heterocycles. The van der Waals surface area contributed by atoms with Crippen LogP contribution in [0.3, 0.4) is 0 Å². The van der Waals surface area contributed by atoms with E-state index < -0.39 is 17.7 Å². The van der Waals surface area contributed by atoms with Gasteiger partial charge in [0.05, 0.1) is 17.7 Å². The summed E-state index contributed by atoms with van der Waals surface area (Å²) in [5.41, 5.74) is 2.08. The van der Waals surface area contributed by atoms with Gasteiger partial charge in [0, 0.05) is 19.6 Å². The van der Waals surface area contributed by atoms with E-state index in [4.69, 9.17) is 4.74 Å². The lowest BCUT2D eigenvalue weighted by atomic mass is 9.93. The zero-order chi connectivity index (χ0) is 20.2. The number of aliphatic hydroxyl groups is 1. The first-order valence-electron chi connectivity index (χ1n) is 10.1. The van der Waals surface area contributed by atoms with Crippen molar-refractivity contribution in [2.75, 3.05) is 13.2 Å². The maximum atomic E-state index is 13.1. The van der Waals surface area contributed by atoms with Gasteiger partial charge in [-0.1, -0.05) is 60.7 Å². The van der Waals surface area contributed by atoms with Gasteiger partial charge in [-0.2, -0.15) is 0 Å². The summed E-state index contributed by atoms with van der Waals surface area (Å²) in [5.74, 6) is -1.10. The Morgan fingerprint density at radius 3 is 2.41 bits per heavy atom. The molecule has 0 bridgehead atoms. The number of aryl methyl sites for hydroxylation is 1. The number of ketones is 1. The van der Waals surface area contributed by atoms with Crippen LogP contribution >= 0.6 is 0 Å². The summed E-state index contributed by atoms with van der Waals surface area (Å²) in [4.78, 5) is 27.6. The van der Waals surface area contributed by atoms with Crippen LogP contribution < -0.4 is 0 Å². The Labute approximate surface area is 170 Å². The van der Waals surface area contributed by atoms with Crippen LogP contribution in [-0.2, 0) is 20.7 Å². The van der Waals surface area contributed by atoms with Crippen LogP contribution in [0.5, 0.6) is 0 Å². The van der Waals surface area contributed by atoms with Crippen LogP contribution in [0.25, 0.3) is 0 Å². The van der Waals surface area contributed by atoms with Crippen LogP contribution in [-0.4, -0.2) is 41.0 Å². The van der Waals surface area contributed by atoms with Crippen molar-refractivity contribution < 1.29 is 19.4 Å². The summed E-state index contributed by atoms with van der Waals surface area (Å²) in [5, 5.41) is 10.6. The zero-order valence-corrected chi connectivity index (χ0v) is 16.3. The van der Waals surface area contributed by atoms with Crippen LogP contribution in [0.4, 0.5) is 0 Å². The van der Waals surface area contributed by atoms with E-state index in [2.05, 4.69) is 0 Å². The van der Waals surface area contributed by atoms with E-state index >= 15 is 0 Å². The van der Waals surface area contributed by atoms with E-state index in [1.54, 1.807) is 4.90 Å². The largest absolute Gasteiger partial charge is 0.503 e. The first-order chi connectivity index (χ1) is 14.1. The monoisotopic (exact) mass is 391 g/mol. The SMILES string of the molecule is O=C(CCc1ccccc1)C1=C(O)C(=O)N(CC2CCCO2)C1c1ccccc1. The number of carbonyl (C=O) groups excluding carboxylic acids is 2. The predicted octanol–water partition coefficient (Wildman–Crippen LogP) is 3.76. The second-order valence-electron chi connectivity index (χ2n) is 7.58. The van der Waals surface area contributed by atoms with Crippen LogP contribution in [0.15, 0.2) is 72.0 Å². The molecule has 5 heteroatoms. The highest BCUT2D eigenvalue weighted by Gasteiger charge is 2.44. The molecular weight excluding hydrogens is 366 g/mol. The van der Waals surface area contributed by atoms with Crippen molar-refractivity contribution in [3.63, 3.8) is 0 Å².